The van der Waals surface area contributed by atoms with Gasteiger partial charge < -0.3 is 5.32 Å². The van der Waals surface area contributed by atoms with Crippen molar-refractivity contribution in [2.45, 2.75) is 39.2 Å². The second kappa shape index (κ2) is 6.63. The van der Waals surface area contributed by atoms with Crippen LogP contribution in [0.1, 0.15) is 54.0 Å². The van der Waals surface area contributed by atoms with Crippen molar-refractivity contribution in [1.29, 1.82) is 0 Å². The molecule has 2 heterocycles. The van der Waals surface area contributed by atoms with Gasteiger partial charge in [-0.25, -0.2) is 8.42 Å². The quantitative estimate of drug-likeness (QED) is 0.908. The number of carbonyl (C=O) groups excluding carboxylic acids is 1. The maximum atomic E-state index is 12.5. The van der Waals surface area contributed by atoms with E-state index in [-0.39, 0.29) is 29.4 Å². The van der Waals surface area contributed by atoms with Gasteiger partial charge in [0.25, 0.3) is 5.91 Å². The lowest BCUT2D eigenvalue weighted by molar-refractivity contribution is 0.102. The van der Waals surface area contributed by atoms with Gasteiger partial charge in [0.1, 0.15) is 0 Å². The molecule has 0 unspecified atom stereocenters. The zero-order valence-corrected chi connectivity index (χ0v) is 15.5. The van der Waals surface area contributed by atoms with Gasteiger partial charge in [-0.1, -0.05) is 31.5 Å². The molecule has 1 aliphatic heterocycles. The number of rotatable bonds is 4. The number of aryl methyl sites for hydroxylation is 1. The molecule has 2 aromatic rings. The number of benzene rings is 1. The molecule has 1 aromatic carbocycles. The van der Waals surface area contributed by atoms with Crippen molar-refractivity contribution in [3.8, 4) is 0 Å². The predicted molar refractivity (Wildman–Crippen MR) is 97.8 cm³/mol. The number of sulfone groups is 1. The molecule has 1 N–H and O–H groups in total. The van der Waals surface area contributed by atoms with Crippen molar-refractivity contribution in [3.05, 3.63) is 47.3 Å². The van der Waals surface area contributed by atoms with E-state index in [4.69, 9.17) is 0 Å². The fourth-order valence-corrected chi connectivity index (χ4v) is 4.74. The third kappa shape index (κ3) is 3.92. The summed E-state index contributed by atoms with van der Waals surface area (Å²) in [4.78, 5) is 12.5. The van der Waals surface area contributed by atoms with E-state index in [1.165, 1.54) is 0 Å². The summed E-state index contributed by atoms with van der Waals surface area (Å²) in [7, 11) is -3.01. The Morgan fingerprint density at radius 1 is 1.28 bits per heavy atom. The zero-order chi connectivity index (χ0) is 18.2. The third-order valence-electron chi connectivity index (χ3n) is 4.45. The minimum absolute atomic E-state index is 0.0907. The maximum Gasteiger partial charge on any atom is 0.276 e. The van der Waals surface area contributed by atoms with Gasteiger partial charge in [-0.15, -0.1) is 0 Å². The Balaban J connectivity index is 1.86. The average Bonchev–Trinajstić information content (AvgIpc) is 3.13. The summed E-state index contributed by atoms with van der Waals surface area (Å²) in [5.74, 6) is 0.134. The molecule has 6 nitrogen and oxygen atoms in total. The summed E-state index contributed by atoms with van der Waals surface area (Å²) in [6.07, 6.45) is 0.544. The Morgan fingerprint density at radius 3 is 2.52 bits per heavy atom. The molecular weight excluding hydrogens is 338 g/mol. The van der Waals surface area contributed by atoms with Crippen molar-refractivity contribution >= 4 is 21.4 Å². The number of nitrogens with zero attached hydrogens (tertiary/aromatic N) is 2. The number of hydrogen-bond donors (Lipinski definition) is 1. The molecule has 0 bridgehead atoms. The van der Waals surface area contributed by atoms with Crippen LogP contribution in [0, 0.1) is 6.92 Å². The predicted octanol–water partition coefficient (Wildman–Crippen LogP) is 2.93. The normalized spacial score (nSPS) is 19.3. The van der Waals surface area contributed by atoms with Crippen LogP contribution >= 0.6 is 0 Å². The van der Waals surface area contributed by atoms with E-state index in [1.54, 1.807) is 10.7 Å². The van der Waals surface area contributed by atoms with Gasteiger partial charge in [0.15, 0.2) is 15.5 Å². The first-order valence-electron chi connectivity index (χ1n) is 8.43. The van der Waals surface area contributed by atoms with Crippen LogP contribution in [0.3, 0.4) is 0 Å². The topological polar surface area (TPSA) is 81.1 Å². The molecule has 0 spiro atoms. The van der Waals surface area contributed by atoms with Crippen LogP contribution in [0.4, 0.5) is 5.69 Å². The Morgan fingerprint density at radius 2 is 1.96 bits per heavy atom. The Kier molecular flexibility index (Phi) is 4.69. The minimum atomic E-state index is -3.01. The molecule has 25 heavy (non-hydrogen) atoms. The summed E-state index contributed by atoms with van der Waals surface area (Å²) in [6, 6.07) is 9.12. The molecule has 1 atom stereocenters. The molecule has 0 radical (unpaired) electrons. The summed E-state index contributed by atoms with van der Waals surface area (Å²) in [5, 5.41) is 7.27. The fraction of sp³-hybridized carbons (Fsp3) is 0.444. The van der Waals surface area contributed by atoms with Gasteiger partial charge in [-0.2, -0.15) is 5.10 Å². The number of anilines is 1. The van der Waals surface area contributed by atoms with Crippen molar-refractivity contribution in [2.24, 2.45) is 0 Å². The average molecular weight is 361 g/mol. The lowest BCUT2D eigenvalue weighted by Gasteiger charge is -2.15. The van der Waals surface area contributed by atoms with Gasteiger partial charge in [-0.05, 0) is 37.5 Å². The van der Waals surface area contributed by atoms with E-state index in [9.17, 15) is 13.2 Å². The molecule has 0 aliphatic carbocycles. The van der Waals surface area contributed by atoms with Crippen LogP contribution in [-0.2, 0) is 9.84 Å². The summed E-state index contributed by atoms with van der Waals surface area (Å²) in [6.45, 7) is 6.01. The minimum Gasteiger partial charge on any atom is -0.321 e. The van der Waals surface area contributed by atoms with Crippen LogP contribution < -0.4 is 5.32 Å². The molecule has 1 aromatic heterocycles. The number of carbonyl (C=O) groups is 1. The highest BCUT2D eigenvalue weighted by molar-refractivity contribution is 7.91. The number of amides is 1. The van der Waals surface area contributed by atoms with Gasteiger partial charge >= 0.3 is 0 Å². The summed E-state index contributed by atoms with van der Waals surface area (Å²) < 4.78 is 25.3. The van der Waals surface area contributed by atoms with Gasteiger partial charge in [-0.3, -0.25) is 9.48 Å². The van der Waals surface area contributed by atoms with E-state index in [2.05, 4.69) is 10.4 Å². The lowest BCUT2D eigenvalue weighted by atomic mass is 10.1. The fourth-order valence-electron chi connectivity index (χ4n) is 3.04. The van der Waals surface area contributed by atoms with Gasteiger partial charge in [0, 0.05) is 11.4 Å². The van der Waals surface area contributed by atoms with E-state index < -0.39 is 9.84 Å². The molecule has 1 saturated heterocycles. The molecule has 1 fully saturated rings. The SMILES string of the molecule is Cc1ccc(NC(=O)c2cc(C(C)C)n([C@H]3CCS(=O)(=O)C3)n2)cc1. The number of nitrogens with one attached hydrogen (secondary N) is 1. The Bertz CT molecular complexity index is 883. The first kappa shape index (κ1) is 17.7. The Hall–Kier alpha value is -2.15. The second-order valence-corrected chi connectivity index (χ2v) is 9.16. The zero-order valence-electron chi connectivity index (χ0n) is 14.7. The number of aromatic nitrogens is 2. The molecular formula is C18H23N3O3S. The van der Waals surface area contributed by atoms with Crippen LogP contribution in [0.25, 0.3) is 0 Å². The van der Waals surface area contributed by atoms with E-state index >= 15 is 0 Å². The molecule has 7 heteroatoms. The summed E-state index contributed by atoms with van der Waals surface area (Å²) in [5.41, 5.74) is 3.02. The standard InChI is InChI=1S/C18H23N3O3S/c1-12(2)17-10-16(18(22)19-14-6-4-13(3)5-7-14)20-21(17)15-8-9-25(23,24)11-15/h4-7,10,12,15H,8-9,11H2,1-3H3,(H,19,22)/t15-/m0/s1. The monoisotopic (exact) mass is 361 g/mol. The lowest BCUT2D eigenvalue weighted by Crippen LogP contribution is -2.17. The van der Waals surface area contributed by atoms with Crippen LogP contribution in [0.5, 0.6) is 0 Å². The first-order chi connectivity index (χ1) is 11.7. The molecule has 134 valence electrons. The van der Waals surface area contributed by atoms with Crippen molar-refractivity contribution in [1.82, 2.24) is 9.78 Å². The smallest absolute Gasteiger partial charge is 0.276 e. The van der Waals surface area contributed by atoms with E-state index in [0.717, 1.165) is 11.3 Å². The highest BCUT2D eigenvalue weighted by Crippen LogP contribution is 2.28. The second-order valence-electron chi connectivity index (χ2n) is 6.93. The molecule has 1 aliphatic rings. The van der Waals surface area contributed by atoms with Crippen LogP contribution in [0.15, 0.2) is 30.3 Å². The van der Waals surface area contributed by atoms with Gasteiger partial charge in [0.2, 0.25) is 0 Å². The molecule has 0 saturated carbocycles. The Labute approximate surface area is 148 Å². The van der Waals surface area contributed by atoms with Crippen molar-refractivity contribution < 1.29 is 13.2 Å². The summed E-state index contributed by atoms with van der Waals surface area (Å²) >= 11 is 0. The van der Waals surface area contributed by atoms with Crippen LogP contribution in [0.2, 0.25) is 0 Å². The molecule has 1 amide bonds. The van der Waals surface area contributed by atoms with Gasteiger partial charge in [0.05, 0.1) is 17.5 Å². The highest BCUT2D eigenvalue weighted by Gasteiger charge is 2.32. The van der Waals surface area contributed by atoms with Crippen molar-refractivity contribution in [2.75, 3.05) is 16.8 Å². The highest BCUT2D eigenvalue weighted by atomic mass is 32.2. The van der Waals surface area contributed by atoms with Crippen LogP contribution in [-0.4, -0.2) is 35.6 Å². The largest absolute Gasteiger partial charge is 0.321 e. The number of hydrogen-bond acceptors (Lipinski definition) is 4. The third-order valence-corrected chi connectivity index (χ3v) is 6.20. The van der Waals surface area contributed by atoms with E-state index in [1.807, 2.05) is 45.0 Å². The van der Waals surface area contributed by atoms with Crippen molar-refractivity contribution in [3.63, 3.8) is 0 Å². The molecule has 3 rings (SSSR count). The maximum absolute atomic E-state index is 12.5. The van der Waals surface area contributed by atoms with E-state index in [0.29, 0.717) is 17.8 Å². The first-order valence-corrected chi connectivity index (χ1v) is 10.3.